The monoisotopic (exact) mass is 277 g/mol. The average molecular weight is 277 g/mol. The van der Waals surface area contributed by atoms with Crippen LogP contribution in [0.3, 0.4) is 0 Å². The highest BCUT2D eigenvalue weighted by Gasteiger charge is 2.42. The first-order valence-electron chi connectivity index (χ1n) is 8.07. The Morgan fingerprint density at radius 3 is 3.05 bits per heavy atom. The summed E-state index contributed by atoms with van der Waals surface area (Å²) in [4.78, 5) is 4.63. The van der Waals surface area contributed by atoms with Gasteiger partial charge >= 0.3 is 0 Å². The summed E-state index contributed by atoms with van der Waals surface area (Å²) in [6.45, 7) is 1.99. The van der Waals surface area contributed by atoms with E-state index in [1.165, 1.54) is 32.1 Å². The molecule has 1 N–H and O–H groups in total. The molecule has 1 aromatic rings. The standard InChI is InChI=1S/C15H23N3O2/c1-2-7-19-11(5-1)8-13-17-15(20-18-13)14-12-6-3-4-10(12)9-16-14/h10-12,14,16H,1-9H2. The molecule has 1 saturated carbocycles. The van der Waals surface area contributed by atoms with Gasteiger partial charge in [0.05, 0.1) is 12.1 Å². The van der Waals surface area contributed by atoms with Crippen molar-refractivity contribution in [3.05, 3.63) is 11.7 Å². The van der Waals surface area contributed by atoms with Crippen LogP contribution < -0.4 is 5.32 Å². The average Bonchev–Trinajstić information content (AvgIpc) is 3.15. The van der Waals surface area contributed by atoms with Crippen LogP contribution in [0, 0.1) is 11.8 Å². The van der Waals surface area contributed by atoms with Gasteiger partial charge in [-0.15, -0.1) is 0 Å². The Hall–Kier alpha value is -0.940. The molecule has 0 radical (unpaired) electrons. The molecule has 5 heteroatoms. The summed E-state index contributed by atoms with van der Waals surface area (Å²) >= 11 is 0. The Balaban J connectivity index is 1.42. The van der Waals surface area contributed by atoms with Crippen LogP contribution in [0.4, 0.5) is 0 Å². The number of ether oxygens (including phenoxy) is 1. The van der Waals surface area contributed by atoms with Gasteiger partial charge in [-0.2, -0.15) is 4.98 Å². The molecule has 0 bridgehead atoms. The highest BCUT2D eigenvalue weighted by molar-refractivity contribution is 5.04. The molecule has 110 valence electrons. The van der Waals surface area contributed by atoms with Gasteiger partial charge < -0.3 is 14.6 Å². The lowest BCUT2D eigenvalue weighted by Gasteiger charge is -2.20. The van der Waals surface area contributed by atoms with E-state index < -0.39 is 0 Å². The quantitative estimate of drug-likeness (QED) is 0.918. The van der Waals surface area contributed by atoms with Gasteiger partial charge in [-0.1, -0.05) is 11.6 Å². The number of fused-ring (bicyclic) bond motifs is 1. The zero-order valence-corrected chi connectivity index (χ0v) is 11.9. The van der Waals surface area contributed by atoms with Crippen molar-refractivity contribution in [1.29, 1.82) is 0 Å². The molecule has 3 aliphatic rings. The number of rotatable bonds is 3. The minimum Gasteiger partial charge on any atom is -0.378 e. The maximum atomic E-state index is 5.75. The highest BCUT2D eigenvalue weighted by Crippen LogP contribution is 2.43. The fraction of sp³-hybridized carbons (Fsp3) is 0.867. The van der Waals surface area contributed by atoms with Crippen LogP contribution in [-0.4, -0.2) is 29.4 Å². The Labute approximate surface area is 119 Å². The SMILES string of the molecule is C1CCC(Cc2noc(C3NCC4CCCC43)n2)OC1. The van der Waals surface area contributed by atoms with Gasteiger partial charge in [-0.3, -0.25) is 0 Å². The minimum atomic E-state index is 0.282. The Morgan fingerprint density at radius 1 is 1.15 bits per heavy atom. The van der Waals surface area contributed by atoms with Gasteiger partial charge in [0.15, 0.2) is 5.82 Å². The van der Waals surface area contributed by atoms with E-state index in [4.69, 9.17) is 9.26 Å². The Bertz CT molecular complexity index is 456. The summed E-state index contributed by atoms with van der Waals surface area (Å²) < 4.78 is 11.3. The van der Waals surface area contributed by atoms with Gasteiger partial charge in [-0.05, 0) is 50.5 Å². The fourth-order valence-corrected chi connectivity index (χ4v) is 4.11. The van der Waals surface area contributed by atoms with Gasteiger partial charge in [0.25, 0.3) is 0 Å². The van der Waals surface area contributed by atoms with Crippen molar-refractivity contribution in [3.63, 3.8) is 0 Å². The Morgan fingerprint density at radius 2 is 2.15 bits per heavy atom. The molecule has 3 heterocycles. The van der Waals surface area contributed by atoms with Crippen molar-refractivity contribution < 1.29 is 9.26 Å². The van der Waals surface area contributed by atoms with Crippen LogP contribution in [0.25, 0.3) is 0 Å². The van der Waals surface area contributed by atoms with Crippen LogP contribution in [-0.2, 0) is 11.2 Å². The summed E-state index contributed by atoms with van der Waals surface area (Å²) in [5.41, 5.74) is 0. The third-order valence-electron chi connectivity index (χ3n) is 5.18. The third-order valence-corrected chi connectivity index (χ3v) is 5.18. The molecule has 0 amide bonds. The molecule has 4 rings (SSSR count). The summed E-state index contributed by atoms with van der Waals surface area (Å²) in [6.07, 6.45) is 8.64. The molecule has 1 aliphatic carbocycles. The maximum absolute atomic E-state index is 5.75. The number of nitrogens with one attached hydrogen (secondary N) is 1. The molecule has 2 aliphatic heterocycles. The summed E-state index contributed by atoms with van der Waals surface area (Å²) in [7, 11) is 0. The number of aromatic nitrogens is 2. The third kappa shape index (κ3) is 2.37. The van der Waals surface area contributed by atoms with Crippen molar-refractivity contribution >= 4 is 0 Å². The van der Waals surface area contributed by atoms with Crippen LogP contribution in [0.2, 0.25) is 0 Å². The van der Waals surface area contributed by atoms with Crippen molar-refractivity contribution in [1.82, 2.24) is 15.5 Å². The van der Waals surface area contributed by atoms with Gasteiger partial charge in [-0.25, -0.2) is 0 Å². The van der Waals surface area contributed by atoms with E-state index >= 15 is 0 Å². The molecule has 2 saturated heterocycles. The number of hydrogen-bond donors (Lipinski definition) is 1. The minimum absolute atomic E-state index is 0.282. The second-order valence-corrected chi connectivity index (χ2v) is 6.48. The largest absolute Gasteiger partial charge is 0.378 e. The van der Waals surface area contributed by atoms with Gasteiger partial charge in [0.1, 0.15) is 0 Å². The smallest absolute Gasteiger partial charge is 0.244 e. The van der Waals surface area contributed by atoms with Gasteiger partial charge in [0.2, 0.25) is 5.89 Å². The first-order valence-corrected chi connectivity index (χ1v) is 8.07. The van der Waals surface area contributed by atoms with Crippen LogP contribution in [0.5, 0.6) is 0 Å². The zero-order valence-electron chi connectivity index (χ0n) is 11.9. The Kier molecular flexibility index (Phi) is 3.48. The van der Waals surface area contributed by atoms with E-state index in [2.05, 4.69) is 15.5 Å². The van der Waals surface area contributed by atoms with Crippen LogP contribution in [0.1, 0.15) is 56.3 Å². The van der Waals surface area contributed by atoms with Crippen LogP contribution in [0.15, 0.2) is 4.52 Å². The van der Waals surface area contributed by atoms with Crippen molar-refractivity contribution in [3.8, 4) is 0 Å². The van der Waals surface area contributed by atoms with Gasteiger partial charge in [0, 0.05) is 13.0 Å². The molecule has 0 spiro atoms. The predicted molar refractivity (Wildman–Crippen MR) is 73.2 cm³/mol. The first-order chi connectivity index (χ1) is 9.90. The lowest BCUT2D eigenvalue weighted by molar-refractivity contribution is 0.0153. The molecule has 1 aromatic heterocycles. The summed E-state index contributed by atoms with van der Waals surface area (Å²) in [5, 5.41) is 7.73. The summed E-state index contributed by atoms with van der Waals surface area (Å²) in [6, 6.07) is 0.288. The highest BCUT2D eigenvalue weighted by atomic mass is 16.5. The molecular weight excluding hydrogens is 254 g/mol. The lowest BCUT2D eigenvalue weighted by atomic mass is 9.94. The van der Waals surface area contributed by atoms with E-state index in [0.29, 0.717) is 5.92 Å². The topological polar surface area (TPSA) is 60.2 Å². The second-order valence-electron chi connectivity index (χ2n) is 6.48. The molecule has 5 nitrogen and oxygen atoms in total. The molecule has 3 fully saturated rings. The van der Waals surface area contributed by atoms with Crippen molar-refractivity contribution in [2.24, 2.45) is 11.8 Å². The van der Waals surface area contributed by atoms with Crippen LogP contribution >= 0.6 is 0 Å². The van der Waals surface area contributed by atoms with Crippen molar-refractivity contribution in [2.45, 2.75) is 57.1 Å². The number of nitrogens with zero attached hydrogens (tertiary/aromatic N) is 2. The van der Waals surface area contributed by atoms with Crippen molar-refractivity contribution in [2.75, 3.05) is 13.2 Å². The second kappa shape index (κ2) is 5.45. The zero-order chi connectivity index (χ0) is 13.4. The molecule has 4 unspecified atom stereocenters. The molecule has 0 aromatic carbocycles. The van der Waals surface area contributed by atoms with E-state index in [1.807, 2.05) is 0 Å². The fourth-order valence-electron chi connectivity index (χ4n) is 4.11. The van der Waals surface area contributed by atoms with E-state index in [-0.39, 0.29) is 12.1 Å². The normalized spacial score (nSPS) is 37.2. The lowest BCUT2D eigenvalue weighted by Crippen LogP contribution is -2.22. The number of hydrogen-bond acceptors (Lipinski definition) is 5. The van der Waals surface area contributed by atoms with E-state index in [0.717, 1.165) is 43.6 Å². The first kappa shape index (κ1) is 12.8. The maximum Gasteiger partial charge on any atom is 0.244 e. The van der Waals surface area contributed by atoms with E-state index in [1.54, 1.807) is 0 Å². The summed E-state index contributed by atoms with van der Waals surface area (Å²) in [5.74, 6) is 3.13. The van der Waals surface area contributed by atoms with E-state index in [9.17, 15) is 0 Å². The predicted octanol–water partition coefficient (Wildman–Crippen LogP) is 2.24. The molecule has 4 atom stereocenters. The molecular formula is C15H23N3O2. The molecule has 20 heavy (non-hydrogen) atoms.